The van der Waals surface area contributed by atoms with Crippen molar-refractivity contribution < 1.29 is 9.53 Å². The number of carbonyl (C=O) groups is 1. The third kappa shape index (κ3) is 3.39. The molecule has 0 unspecified atom stereocenters. The molecule has 1 fully saturated rings. The standard InChI is InChI=1S/C25H21N3O2/c1-30-25(29)21-14-18(16-10-11-16)15-27-24(21)28-22-9-5-8-20-19(22)12-13-26-23(20)17-6-3-2-4-7-17/h2-9,12-16H,10-11H2,1H3,(H,27,28). The van der Waals surface area contributed by atoms with Gasteiger partial charge in [0.15, 0.2) is 0 Å². The number of pyridine rings is 2. The fraction of sp³-hybridized carbons (Fsp3) is 0.160. The second kappa shape index (κ2) is 7.59. The predicted octanol–water partition coefficient (Wildman–Crippen LogP) is 5.70. The molecule has 0 radical (unpaired) electrons. The molecule has 5 heteroatoms. The number of ether oxygens (including phenoxy) is 1. The first-order valence-corrected chi connectivity index (χ1v) is 10.0. The molecule has 1 aliphatic rings. The van der Waals surface area contributed by atoms with Crippen molar-refractivity contribution >= 4 is 28.2 Å². The summed E-state index contributed by atoms with van der Waals surface area (Å²) in [6.45, 7) is 0. The van der Waals surface area contributed by atoms with E-state index < -0.39 is 0 Å². The zero-order valence-corrected chi connectivity index (χ0v) is 16.6. The van der Waals surface area contributed by atoms with Crippen LogP contribution >= 0.6 is 0 Å². The van der Waals surface area contributed by atoms with Gasteiger partial charge in [-0.3, -0.25) is 4.98 Å². The van der Waals surface area contributed by atoms with Gasteiger partial charge in [-0.05, 0) is 42.5 Å². The van der Waals surface area contributed by atoms with E-state index in [1.807, 2.05) is 48.7 Å². The van der Waals surface area contributed by atoms with E-state index in [4.69, 9.17) is 4.74 Å². The zero-order valence-electron chi connectivity index (χ0n) is 16.6. The van der Waals surface area contributed by atoms with Crippen LogP contribution in [-0.2, 0) is 4.74 Å². The average Bonchev–Trinajstić information content (AvgIpc) is 3.65. The first-order valence-electron chi connectivity index (χ1n) is 10.0. The summed E-state index contributed by atoms with van der Waals surface area (Å²) in [5.74, 6) is 0.614. The van der Waals surface area contributed by atoms with Gasteiger partial charge in [0.2, 0.25) is 0 Å². The lowest BCUT2D eigenvalue weighted by atomic mass is 10.0. The normalized spacial score (nSPS) is 13.2. The fourth-order valence-corrected chi connectivity index (χ4v) is 3.76. The minimum absolute atomic E-state index is 0.389. The van der Waals surface area contributed by atoms with Crippen molar-refractivity contribution in [3.63, 3.8) is 0 Å². The number of hydrogen-bond donors (Lipinski definition) is 1. The third-order valence-corrected chi connectivity index (χ3v) is 5.47. The Bertz CT molecular complexity index is 1230. The third-order valence-electron chi connectivity index (χ3n) is 5.47. The summed E-state index contributed by atoms with van der Waals surface area (Å²) in [6.07, 6.45) is 5.95. The van der Waals surface area contributed by atoms with Gasteiger partial charge in [0.25, 0.3) is 0 Å². The number of benzene rings is 2. The van der Waals surface area contributed by atoms with Crippen LogP contribution < -0.4 is 5.32 Å². The Morgan fingerprint density at radius 2 is 1.83 bits per heavy atom. The minimum atomic E-state index is -0.389. The molecule has 2 heterocycles. The van der Waals surface area contributed by atoms with E-state index in [0.29, 0.717) is 17.3 Å². The van der Waals surface area contributed by atoms with Crippen LogP contribution in [0.1, 0.15) is 34.7 Å². The molecule has 1 saturated carbocycles. The summed E-state index contributed by atoms with van der Waals surface area (Å²) in [4.78, 5) is 21.6. The summed E-state index contributed by atoms with van der Waals surface area (Å²) in [5, 5.41) is 5.40. The molecular formula is C25H21N3O2. The lowest BCUT2D eigenvalue weighted by molar-refractivity contribution is 0.0601. The molecule has 148 valence electrons. The lowest BCUT2D eigenvalue weighted by Gasteiger charge is -2.14. The average molecular weight is 395 g/mol. The molecule has 5 rings (SSSR count). The molecule has 0 bridgehead atoms. The van der Waals surface area contributed by atoms with E-state index in [1.54, 1.807) is 6.20 Å². The highest BCUT2D eigenvalue weighted by atomic mass is 16.5. The van der Waals surface area contributed by atoms with E-state index in [9.17, 15) is 4.79 Å². The van der Waals surface area contributed by atoms with Crippen LogP contribution in [0.2, 0.25) is 0 Å². The van der Waals surface area contributed by atoms with E-state index in [2.05, 4.69) is 33.5 Å². The summed E-state index contributed by atoms with van der Waals surface area (Å²) in [6, 6.07) is 20.0. The van der Waals surface area contributed by atoms with E-state index in [1.165, 1.54) is 7.11 Å². The monoisotopic (exact) mass is 395 g/mol. The van der Waals surface area contributed by atoms with Gasteiger partial charge in [0.05, 0.1) is 12.8 Å². The van der Waals surface area contributed by atoms with Gasteiger partial charge in [-0.2, -0.15) is 0 Å². The van der Waals surface area contributed by atoms with E-state index in [-0.39, 0.29) is 5.97 Å². The van der Waals surface area contributed by atoms with Crippen LogP contribution in [-0.4, -0.2) is 23.0 Å². The fourth-order valence-electron chi connectivity index (χ4n) is 3.76. The SMILES string of the molecule is COC(=O)c1cc(C2CC2)cnc1Nc1cccc2c(-c3ccccc3)nccc12. The molecule has 1 N–H and O–H groups in total. The van der Waals surface area contributed by atoms with Crippen LogP contribution in [0.25, 0.3) is 22.0 Å². The van der Waals surface area contributed by atoms with Gasteiger partial charge in [0.1, 0.15) is 11.4 Å². The maximum Gasteiger partial charge on any atom is 0.341 e. The van der Waals surface area contributed by atoms with Crippen molar-refractivity contribution in [2.45, 2.75) is 18.8 Å². The van der Waals surface area contributed by atoms with Crippen molar-refractivity contribution in [1.82, 2.24) is 9.97 Å². The smallest absolute Gasteiger partial charge is 0.341 e. The first kappa shape index (κ1) is 18.3. The van der Waals surface area contributed by atoms with Crippen LogP contribution in [0, 0.1) is 0 Å². The molecule has 30 heavy (non-hydrogen) atoms. The number of aromatic nitrogens is 2. The van der Waals surface area contributed by atoms with Gasteiger partial charge < -0.3 is 10.1 Å². The molecule has 0 spiro atoms. The Morgan fingerprint density at radius 1 is 1.00 bits per heavy atom. The number of carbonyl (C=O) groups excluding carboxylic acids is 1. The lowest BCUT2D eigenvalue weighted by Crippen LogP contribution is -2.08. The van der Waals surface area contributed by atoms with E-state index in [0.717, 1.165) is 46.1 Å². The number of hydrogen-bond acceptors (Lipinski definition) is 5. The van der Waals surface area contributed by atoms with Gasteiger partial charge in [-0.25, -0.2) is 9.78 Å². The van der Waals surface area contributed by atoms with Gasteiger partial charge in [-0.1, -0.05) is 42.5 Å². The number of nitrogens with one attached hydrogen (secondary N) is 1. The molecule has 1 aliphatic carbocycles. The van der Waals surface area contributed by atoms with Crippen molar-refractivity contribution in [3.8, 4) is 11.3 Å². The predicted molar refractivity (Wildman–Crippen MR) is 118 cm³/mol. The topological polar surface area (TPSA) is 64.1 Å². The van der Waals surface area contributed by atoms with Crippen molar-refractivity contribution in [2.75, 3.05) is 12.4 Å². The van der Waals surface area contributed by atoms with Gasteiger partial charge in [0, 0.05) is 34.4 Å². The Morgan fingerprint density at radius 3 is 2.60 bits per heavy atom. The number of nitrogens with zero attached hydrogens (tertiary/aromatic N) is 2. The van der Waals surface area contributed by atoms with Crippen molar-refractivity contribution in [1.29, 1.82) is 0 Å². The van der Waals surface area contributed by atoms with Crippen LogP contribution in [0.5, 0.6) is 0 Å². The Hall–Kier alpha value is -3.73. The molecule has 2 aromatic heterocycles. The second-order valence-electron chi connectivity index (χ2n) is 7.48. The number of anilines is 2. The molecule has 0 amide bonds. The quantitative estimate of drug-likeness (QED) is 0.439. The highest BCUT2D eigenvalue weighted by Gasteiger charge is 2.26. The highest BCUT2D eigenvalue weighted by molar-refractivity contribution is 6.03. The molecule has 0 saturated heterocycles. The van der Waals surface area contributed by atoms with Gasteiger partial charge >= 0.3 is 5.97 Å². The minimum Gasteiger partial charge on any atom is -0.465 e. The maximum absolute atomic E-state index is 12.4. The maximum atomic E-state index is 12.4. The summed E-state index contributed by atoms with van der Waals surface area (Å²) in [7, 11) is 1.39. The molecule has 0 atom stereocenters. The molecular weight excluding hydrogens is 374 g/mol. The van der Waals surface area contributed by atoms with Crippen molar-refractivity contribution in [3.05, 3.63) is 84.2 Å². The number of fused-ring (bicyclic) bond motifs is 1. The number of rotatable bonds is 5. The van der Waals surface area contributed by atoms with Crippen LogP contribution in [0.15, 0.2) is 73.1 Å². The summed E-state index contributed by atoms with van der Waals surface area (Å²) < 4.78 is 5.01. The second-order valence-corrected chi connectivity index (χ2v) is 7.48. The Labute approximate surface area is 174 Å². The number of esters is 1. The largest absolute Gasteiger partial charge is 0.465 e. The van der Waals surface area contributed by atoms with Crippen LogP contribution in [0.4, 0.5) is 11.5 Å². The highest BCUT2D eigenvalue weighted by Crippen LogP contribution is 2.41. The first-order chi connectivity index (χ1) is 14.7. The summed E-state index contributed by atoms with van der Waals surface area (Å²) in [5.41, 5.74) is 4.39. The van der Waals surface area contributed by atoms with Gasteiger partial charge in [-0.15, -0.1) is 0 Å². The molecule has 0 aliphatic heterocycles. The molecule has 2 aromatic carbocycles. The molecule has 5 nitrogen and oxygen atoms in total. The zero-order chi connectivity index (χ0) is 20.5. The van der Waals surface area contributed by atoms with Crippen LogP contribution in [0.3, 0.4) is 0 Å². The Balaban J connectivity index is 1.59. The summed E-state index contributed by atoms with van der Waals surface area (Å²) >= 11 is 0. The molecule has 4 aromatic rings. The Kier molecular flexibility index (Phi) is 4.64. The van der Waals surface area contributed by atoms with Crippen molar-refractivity contribution in [2.24, 2.45) is 0 Å². The number of methoxy groups -OCH3 is 1. The van der Waals surface area contributed by atoms with E-state index >= 15 is 0 Å².